The average molecular weight is 315 g/mol. The summed E-state index contributed by atoms with van der Waals surface area (Å²) in [6.45, 7) is 2.04. The normalized spacial score (nSPS) is 12.1. The van der Waals surface area contributed by atoms with E-state index < -0.39 is 0 Å². The van der Waals surface area contributed by atoms with Gasteiger partial charge < -0.3 is 15.6 Å². The summed E-state index contributed by atoms with van der Waals surface area (Å²) in [6, 6.07) is 9.85. The molecule has 6 nitrogen and oxygen atoms in total. The minimum absolute atomic E-state index is 0.0360. The van der Waals surface area contributed by atoms with Crippen molar-refractivity contribution in [3.63, 3.8) is 0 Å². The Balaban J connectivity index is 1.83. The Bertz CT molecular complexity index is 751. The summed E-state index contributed by atoms with van der Waals surface area (Å²) in [7, 11) is 0. The highest BCUT2D eigenvalue weighted by Crippen LogP contribution is 2.22. The van der Waals surface area contributed by atoms with Crippen molar-refractivity contribution in [1.82, 2.24) is 19.5 Å². The molecule has 3 aromatic rings. The number of anilines is 2. The van der Waals surface area contributed by atoms with E-state index in [1.807, 2.05) is 35.9 Å². The van der Waals surface area contributed by atoms with Crippen molar-refractivity contribution in [3.8, 4) is 5.69 Å². The molecule has 2 heterocycles. The second-order valence-corrected chi connectivity index (χ2v) is 5.25. The highest BCUT2D eigenvalue weighted by Gasteiger charge is 2.09. The van der Waals surface area contributed by atoms with Gasteiger partial charge in [-0.15, -0.1) is 0 Å². The number of nitrogen functional groups attached to an aromatic ring is 1. The van der Waals surface area contributed by atoms with Gasteiger partial charge in [-0.25, -0.2) is 9.97 Å². The highest BCUT2D eigenvalue weighted by atomic mass is 35.5. The van der Waals surface area contributed by atoms with E-state index in [9.17, 15) is 0 Å². The number of hydrogen-bond donors (Lipinski definition) is 2. The van der Waals surface area contributed by atoms with Crippen molar-refractivity contribution in [3.05, 3.63) is 59.8 Å². The van der Waals surface area contributed by atoms with Gasteiger partial charge in [0, 0.05) is 24.1 Å². The smallest absolute Gasteiger partial charge is 0.223 e. The van der Waals surface area contributed by atoms with Gasteiger partial charge in [0.15, 0.2) is 0 Å². The van der Waals surface area contributed by atoms with Gasteiger partial charge in [-0.3, -0.25) is 0 Å². The number of rotatable bonds is 4. The third-order valence-corrected chi connectivity index (χ3v) is 3.44. The van der Waals surface area contributed by atoms with Crippen molar-refractivity contribution < 1.29 is 0 Å². The second kappa shape index (κ2) is 6.03. The average Bonchev–Trinajstić information content (AvgIpc) is 3.00. The number of imidazole rings is 1. The molecule has 0 fully saturated rings. The fraction of sp³-hybridized carbons (Fsp3) is 0.133. The van der Waals surface area contributed by atoms with Crippen LogP contribution in [0.3, 0.4) is 0 Å². The summed E-state index contributed by atoms with van der Waals surface area (Å²) in [5.74, 6) is 0.743. The van der Waals surface area contributed by atoms with Crippen LogP contribution in [0.4, 0.5) is 11.8 Å². The molecule has 0 aliphatic carbocycles. The lowest BCUT2D eigenvalue weighted by Crippen LogP contribution is -2.10. The molecule has 0 amide bonds. The van der Waals surface area contributed by atoms with Crippen molar-refractivity contribution in [2.45, 2.75) is 13.0 Å². The van der Waals surface area contributed by atoms with Crippen LogP contribution in [0.1, 0.15) is 18.5 Å². The molecule has 1 atom stereocenters. The molecule has 2 aromatic heterocycles. The lowest BCUT2D eigenvalue weighted by Gasteiger charge is -2.16. The number of nitrogens with one attached hydrogen (secondary N) is 1. The van der Waals surface area contributed by atoms with Gasteiger partial charge >= 0.3 is 0 Å². The minimum atomic E-state index is 0.0360. The monoisotopic (exact) mass is 314 g/mol. The van der Waals surface area contributed by atoms with Crippen molar-refractivity contribution >= 4 is 23.4 Å². The maximum Gasteiger partial charge on any atom is 0.223 e. The SMILES string of the molecule is C[C@@H](Nc1cc(Cl)nc(N)n1)c1cccc(-n2ccnc2)c1. The minimum Gasteiger partial charge on any atom is -0.368 e. The van der Waals surface area contributed by atoms with Gasteiger partial charge in [0.25, 0.3) is 0 Å². The Morgan fingerprint density at radius 2 is 2.14 bits per heavy atom. The lowest BCUT2D eigenvalue weighted by atomic mass is 10.1. The first kappa shape index (κ1) is 14.3. The zero-order valence-corrected chi connectivity index (χ0v) is 12.7. The van der Waals surface area contributed by atoms with Gasteiger partial charge in [-0.1, -0.05) is 23.7 Å². The number of hydrogen-bond acceptors (Lipinski definition) is 5. The van der Waals surface area contributed by atoms with Crippen LogP contribution in [0.2, 0.25) is 5.15 Å². The molecule has 3 rings (SSSR count). The number of benzene rings is 1. The van der Waals surface area contributed by atoms with Gasteiger partial charge in [0.1, 0.15) is 11.0 Å². The van der Waals surface area contributed by atoms with Crippen LogP contribution in [-0.2, 0) is 0 Å². The summed E-state index contributed by atoms with van der Waals surface area (Å²) >= 11 is 5.89. The van der Waals surface area contributed by atoms with Crippen LogP contribution in [0.25, 0.3) is 5.69 Å². The van der Waals surface area contributed by atoms with Crippen LogP contribution in [0, 0.1) is 0 Å². The molecule has 7 heteroatoms. The van der Waals surface area contributed by atoms with E-state index in [2.05, 4.69) is 26.3 Å². The van der Waals surface area contributed by atoms with Crippen molar-refractivity contribution in [1.29, 1.82) is 0 Å². The summed E-state index contributed by atoms with van der Waals surface area (Å²) in [5.41, 5.74) is 7.76. The van der Waals surface area contributed by atoms with Crippen LogP contribution < -0.4 is 11.1 Å². The Morgan fingerprint density at radius 1 is 1.27 bits per heavy atom. The molecule has 112 valence electrons. The molecule has 0 spiro atoms. The molecule has 0 radical (unpaired) electrons. The van der Waals surface area contributed by atoms with Gasteiger partial charge in [-0.05, 0) is 24.6 Å². The first-order valence-electron chi connectivity index (χ1n) is 6.77. The third-order valence-electron chi connectivity index (χ3n) is 3.25. The first-order chi connectivity index (χ1) is 10.6. The van der Waals surface area contributed by atoms with Gasteiger partial charge in [0.05, 0.1) is 12.4 Å². The number of aromatic nitrogens is 4. The van der Waals surface area contributed by atoms with Crippen molar-refractivity contribution in [2.24, 2.45) is 0 Å². The molecule has 0 unspecified atom stereocenters. The van der Waals surface area contributed by atoms with Crippen LogP contribution in [0.15, 0.2) is 49.1 Å². The molecule has 0 bridgehead atoms. The van der Waals surface area contributed by atoms with Crippen molar-refractivity contribution in [2.75, 3.05) is 11.1 Å². The highest BCUT2D eigenvalue weighted by molar-refractivity contribution is 6.29. The predicted octanol–water partition coefficient (Wildman–Crippen LogP) is 3.07. The van der Waals surface area contributed by atoms with E-state index in [4.69, 9.17) is 17.3 Å². The fourth-order valence-electron chi connectivity index (χ4n) is 2.18. The van der Waals surface area contributed by atoms with Crippen LogP contribution in [0.5, 0.6) is 0 Å². The summed E-state index contributed by atoms with van der Waals surface area (Å²) < 4.78 is 1.95. The largest absolute Gasteiger partial charge is 0.368 e. The Labute approximate surface area is 133 Å². The third kappa shape index (κ3) is 3.17. The molecule has 3 N–H and O–H groups in total. The Morgan fingerprint density at radius 3 is 2.86 bits per heavy atom. The standard InChI is InChI=1S/C15H15ClN6/c1-10(19-14-8-13(16)20-15(17)21-14)11-3-2-4-12(7-11)22-6-5-18-9-22/h2-10H,1H3,(H3,17,19,20,21)/t10-/m1/s1. The van der Waals surface area contributed by atoms with Crippen LogP contribution in [-0.4, -0.2) is 19.5 Å². The molecule has 0 aliphatic rings. The number of nitrogens with two attached hydrogens (primary N) is 1. The van der Waals surface area contributed by atoms with E-state index in [0.717, 1.165) is 11.3 Å². The quantitative estimate of drug-likeness (QED) is 0.723. The molecule has 22 heavy (non-hydrogen) atoms. The first-order valence-corrected chi connectivity index (χ1v) is 7.14. The Kier molecular flexibility index (Phi) is 3.93. The molecular formula is C15H15ClN6. The maximum atomic E-state index is 5.89. The molecule has 1 aromatic carbocycles. The zero-order valence-electron chi connectivity index (χ0n) is 11.9. The molecule has 0 aliphatic heterocycles. The maximum absolute atomic E-state index is 5.89. The summed E-state index contributed by atoms with van der Waals surface area (Å²) in [6.07, 6.45) is 5.42. The lowest BCUT2D eigenvalue weighted by molar-refractivity contribution is 0.869. The van der Waals surface area contributed by atoms with E-state index in [1.54, 1.807) is 18.6 Å². The second-order valence-electron chi connectivity index (χ2n) is 4.87. The summed E-state index contributed by atoms with van der Waals surface area (Å²) in [5, 5.41) is 3.59. The van der Waals surface area contributed by atoms with E-state index in [-0.39, 0.29) is 12.0 Å². The topological polar surface area (TPSA) is 81.6 Å². The van der Waals surface area contributed by atoms with E-state index in [1.165, 1.54) is 0 Å². The van der Waals surface area contributed by atoms with Crippen LogP contribution >= 0.6 is 11.6 Å². The van der Waals surface area contributed by atoms with E-state index in [0.29, 0.717) is 11.0 Å². The molecule has 0 saturated heterocycles. The van der Waals surface area contributed by atoms with Gasteiger partial charge in [0.2, 0.25) is 5.95 Å². The summed E-state index contributed by atoms with van der Waals surface area (Å²) in [4.78, 5) is 12.0. The van der Waals surface area contributed by atoms with E-state index >= 15 is 0 Å². The Hall–Kier alpha value is -2.60. The fourth-order valence-corrected chi connectivity index (χ4v) is 2.37. The van der Waals surface area contributed by atoms with Gasteiger partial charge in [-0.2, -0.15) is 4.98 Å². The molecular weight excluding hydrogens is 300 g/mol. The molecule has 0 saturated carbocycles. The zero-order chi connectivity index (χ0) is 15.5. The number of nitrogens with zero attached hydrogens (tertiary/aromatic N) is 4. The predicted molar refractivity (Wildman–Crippen MR) is 87.1 cm³/mol. The number of halogens is 1.